The minimum Gasteiger partial charge on any atom is -0.399 e. The van der Waals surface area contributed by atoms with Crippen molar-refractivity contribution < 1.29 is 8.42 Å². The Bertz CT molecular complexity index is 522. The number of aryl methyl sites for hydroxylation is 1. The maximum absolute atomic E-state index is 12.2. The first-order chi connectivity index (χ1) is 8.49. The van der Waals surface area contributed by atoms with E-state index in [-0.39, 0.29) is 0 Å². The fraction of sp³-hybridized carbons (Fsp3) is 0.500. The smallest absolute Gasteiger partial charge is 0.253 e. The van der Waals surface area contributed by atoms with Gasteiger partial charge in [-0.25, -0.2) is 13.4 Å². The normalized spacial score (nSPS) is 17.8. The maximum atomic E-state index is 12.2. The first-order valence-electron chi connectivity index (χ1n) is 6.12. The molecule has 1 fully saturated rings. The van der Waals surface area contributed by atoms with E-state index in [2.05, 4.69) is 4.83 Å². The summed E-state index contributed by atoms with van der Waals surface area (Å²) in [5.41, 5.74) is 6.87. The molecule has 18 heavy (non-hydrogen) atoms. The summed E-state index contributed by atoms with van der Waals surface area (Å²) in [4.78, 5) is 2.93. The number of hydrogen-bond donors (Lipinski definition) is 2. The van der Waals surface area contributed by atoms with Crippen LogP contribution in [0.5, 0.6) is 0 Å². The second-order valence-electron chi connectivity index (χ2n) is 4.67. The van der Waals surface area contributed by atoms with Crippen molar-refractivity contribution in [2.24, 2.45) is 0 Å². The van der Waals surface area contributed by atoms with Crippen molar-refractivity contribution in [3.63, 3.8) is 0 Å². The number of hydrazine groups is 1. The molecule has 1 aliphatic heterocycles. The molecule has 0 aromatic heterocycles. The zero-order valence-electron chi connectivity index (χ0n) is 10.5. The lowest BCUT2D eigenvalue weighted by molar-refractivity contribution is 0.200. The summed E-state index contributed by atoms with van der Waals surface area (Å²) in [6.07, 6.45) is 3.23. The molecule has 0 spiro atoms. The number of sulfonamides is 1. The Morgan fingerprint density at radius 2 is 1.89 bits per heavy atom. The maximum Gasteiger partial charge on any atom is 0.253 e. The van der Waals surface area contributed by atoms with Crippen molar-refractivity contribution in [3.8, 4) is 0 Å². The zero-order chi connectivity index (χ0) is 13.2. The minimum atomic E-state index is -3.49. The number of nitrogens with zero attached hydrogens (tertiary/aromatic N) is 1. The van der Waals surface area contributed by atoms with Crippen LogP contribution in [0.25, 0.3) is 0 Å². The fourth-order valence-corrected chi connectivity index (χ4v) is 3.53. The van der Waals surface area contributed by atoms with Crippen molar-refractivity contribution in [1.82, 2.24) is 9.84 Å². The number of nitrogens with one attached hydrogen (secondary N) is 1. The summed E-state index contributed by atoms with van der Waals surface area (Å²) < 4.78 is 24.5. The predicted octanol–water partition coefficient (Wildman–Crippen LogP) is 1.26. The molecular formula is C12H19N3O2S. The van der Waals surface area contributed by atoms with E-state index < -0.39 is 10.0 Å². The standard InChI is InChI=1S/C12H19N3O2S/c1-10-9-11(13)5-6-12(10)18(16,17)14-15-7-3-2-4-8-15/h5-6,9,14H,2-4,7-8,13H2,1H3. The lowest BCUT2D eigenvalue weighted by Crippen LogP contribution is -2.45. The highest BCUT2D eigenvalue weighted by molar-refractivity contribution is 7.89. The van der Waals surface area contributed by atoms with Crippen LogP contribution >= 0.6 is 0 Å². The number of hydrogen-bond acceptors (Lipinski definition) is 4. The molecule has 1 aromatic carbocycles. The number of nitrogen functional groups attached to an aromatic ring is 1. The van der Waals surface area contributed by atoms with Crippen LogP contribution in [0.1, 0.15) is 24.8 Å². The second kappa shape index (κ2) is 5.26. The van der Waals surface area contributed by atoms with Crippen molar-refractivity contribution in [3.05, 3.63) is 23.8 Å². The van der Waals surface area contributed by atoms with Gasteiger partial charge in [0.2, 0.25) is 0 Å². The van der Waals surface area contributed by atoms with Gasteiger partial charge in [-0.05, 0) is 43.5 Å². The molecule has 0 radical (unpaired) electrons. The van der Waals surface area contributed by atoms with E-state index in [1.807, 2.05) is 0 Å². The number of rotatable bonds is 3. The van der Waals surface area contributed by atoms with Crippen molar-refractivity contribution in [1.29, 1.82) is 0 Å². The van der Waals surface area contributed by atoms with Crippen molar-refractivity contribution in [2.45, 2.75) is 31.1 Å². The molecule has 1 saturated heterocycles. The molecule has 0 unspecified atom stereocenters. The summed E-state index contributed by atoms with van der Waals surface area (Å²) in [6.45, 7) is 3.29. The molecule has 5 nitrogen and oxygen atoms in total. The Balaban J connectivity index is 2.19. The topological polar surface area (TPSA) is 75.4 Å². The van der Waals surface area contributed by atoms with E-state index in [4.69, 9.17) is 5.73 Å². The molecule has 100 valence electrons. The van der Waals surface area contributed by atoms with Gasteiger partial charge in [0.05, 0.1) is 4.90 Å². The molecule has 6 heteroatoms. The van der Waals surface area contributed by atoms with Gasteiger partial charge in [0, 0.05) is 18.8 Å². The lowest BCUT2D eigenvalue weighted by atomic mass is 10.2. The SMILES string of the molecule is Cc1cc(N)ccc1S(=O)(=O)NN1CCCCC1. The summed E-state index contributed by atoms with van der Waals surface area (Å²) in [7, 11) is -3.49. The number of piperidine rings is 1. The predicted molar refractivity (Wildman–Crippen MR) is 71.3 cm³/mol. The first-order valence-corrected chi connectivity index (χ1v) is 7.61. The molecular weight excluding hydrogens is 250 g/mol. The Kier molecular flexibility index (Phi) is 3.89. The van der Waals surface area contributed by atoms with Crippen LogP contribution in [0.3, 0.4) is 0 Å². The van der Waals surface area contributed by atoms with E-state index in [1.165, 1.54) is 6.42 Å². The summed E-state index contributed by atoms with van der Waals surface area (Å²) >= 11 is 0. The van der Waals surface area contributed by atoms with Crippen LogP contribution in [0.15, 0.2) is 23.1 Å². The summed E-state index contributed by atoms with van der Waals surface area (Å²) in [5, 5.41) is 1.77. The molecule has 3 N–H and O–H groups in total. The van der Waals surface area contributed by atoms with Gasteiger partial charge in [0.1, 0.15) is 0 Å². The molecule has 1 aliphatic rings. The largest absolute Gasteiger partial charge is 0.399 e. The molecule has 0 aliphatic carbocycles. The monoisotopic (exact) mass is 269 g/mol. The van der Waals surface area contributed by atoms with E-state index in [1.54, 1.807) is 30.1 Å². The fourth-order valence-electron chi connectivity index (χ4n) is 2.18. The Morgan fingerprint density at radius 3 is 2.50 bits per heavy atom. The van der Waals surface area contributed by atoms with Crippen molar-refractivity contribution in [2.75, 3.05) is 18.8 Å². The third-order valence-electron chi connectivity index (χ3n) is 3.09. The molecule has 0 bridgehead atoms. The van der Waals surface area contributed by atoms with Crippen LogP contribution in [0, 0.1) is 6.92 Å². The van der Waals surface area contributed by atoms with Crippen LogP contribution in [-0.4, -0.2) is 26.5 Å². The van der Waals surface area contributed by atoms with Crippen LogP contribution in [-0.2, 0) is 10.0 Å². The minimum absolute atomic E-state index is 0.294. The third-order valence-corrected chi connectivity index (χ3v) is 4.63. The zero-order valence-corrected chi connectivity index (χ0v) is 11.3. The van der Waals surface area contributed by atoms with Crippen LogP contribution in [0.2, 0.25) is 0 Å². The molecule has 0 atom stereocenters. The van der Waals surface area contributed by atoms with Gasteiger partial charge < -0.3 is 5.73 Å². The number of anilines is 1. The number of benzene rings is 1. The average Bonchev–Trinajstić information content (AvgIpc) is 2.29. The molecule has 1 aromatic rings. The van der Waals surface area contributed by atoms with Crippen molar-refractivity contribution >= 4 is 15.7 Å². The van der Waals surface area contributed by atoms with E-state index in [0.717, 1.165) is 25.9 Å². The molecule has 1 heterocycles. The second-order valence-corrected chi connectivity index (χ2v) is 6.30. The van der Waals surface area contributed by atoms with E-state index >= 15 is 0 Å². The number of nitrogens with two attached hydrogens (primary N) is 1. The highest BCUT2D eigenvalue weighted by Crippen LogP contribution is 2.18. The Morgan fingerprint density at radius 1 is 1.22 bits per heavy atom. The van der Waals surface area contributed by atoms with Gasteiger partial charge in [0.15, 0.2) is 0 Å². The highest BCUT2D eigenvalue weighted by Gasteiger charge is 2.21. The molecule has 0 saturated carbocycles. The highest BCUT2D eigenvalue weighted by atomic mass is 32.2. The van der Waals surface area contributed by atoms with Gasteiger partial charge in [-0.15, -0.1) is 4.83 Å². The van der Waals surface area contributed by atoms with Gasteiger partial charge >= 0.3 is 0 Å². The quantitative estimate of drug-likeness (QED) is 0.810. The van der Waals surface area contributed by atoms with Gasteiger partial charge in [-0.2, -0.15) is 0 Å². The van der Waals surface area contributed by atoms with Gasteiger partial charge in [-0.1, -0.05) is 6.42 Å². The van der Waals surface area contributed by atoms with Crippen LogP contribution < -0.4 is 10.6 Å². The first kappa shape index (κ1) is 13.3. The Labute approximate surface area is 108 Å². The average molecular weight is 269 g/mol. The Hall–Kier alpha value is -1.11. The summed E-state index contributed by atoms with van der Waals surface area (Å²) in [6, 6.07) is 4.83. The van der Waals surface area contributed by atoms with E-state index in [9.17, 15) is 8.42 Å². The van der Waals surface area contributed by atoms with Gasteiger partial charge in [-0.3, -0.25) is 0 Å². The summed E-state index contributed by atoms with van der Waals surface area (Å²) in [5.74, 6) is 0. The van der Waals surface area contributed by atoms with Gasteiger partial charge in [0.25, 0.3) is 10.0 Å². The molecule has 0 amide bonds. The lowest BCUT2D eigenvalue weighted by Gasteiger charge is -2.26. The van der Waals surface area contributed by atoms with E-state index in [0.29, 0.717) is 16.1 Å². The molecule has 2 rings (SSSR count). The van der Waals surface area contributed by atoms with Crippen LogP contribution in [0.4, 0.5) is 5.69 Å². The third kappa shape index (κ3) is 3.01.